The van der Waals surface area contributed by atoms with Crippen LogP contribution in [0.15, 0.2) is 66.7 Å². The quantitative estimate of drug-likeness (QED) is 0.386. The van der Waals surface area contributed by atoms with Gasteiger partial charge in [0.25, 0.3) is 0 Å². The van der Waals surface area contributed by atoms with Crippen LogP contribution < -0.4 is 9.64 Å². The van der Waals surface area contributed by atoms with E-state index in [0.717, 1.165) is 36.4 Å². The van der Waals surface area contributed by atoms with E-state index >= 15 is 0 Å². The van der Waals surface area contributed by atoms with E-state index in [4.69, 9.17) is 22.9 Å². The van der Waals surface area contributed by atoms with Gasteiger partial charge < -0.3 is 14.7 Å². The van der Waals surface area contributed by atoms with Crippen molar-refractivity contribution in [3.63, 3.8) is 0 Å². The standard InChI is InChI=1S/C28H29ClFN3O2/c1-19(34)18-35-25-12-13-27(26(29)16-25)33-15-14-32(17-28(33)22-4-8-23(30)9-5-22)20(2)21-6-10-24(31-3)11-7-21/h4-13,16,19-20,28,34H,14-15,17-18H2,1-2H3/t19-,20+,28-/m0/s1. The molecular formula is C28H29ClFN3O2. The number of benzene rings is 3. The number of piperazine rings is 1. The van der Waals surface area contributed by atoms with Crippen LogP contribution in [0, 0.1) is 12.4 Å². The van der Waals surface area contributed by atoms with Gasteiger partial charge >= 0.3 is 0 Å². The highest BCUT2D eigenvalue weighted by Crippen LogP contribution is 2.39. The van der Waals surface area contributed by atoms with E-state index in [9.17, 15) is 9.50 Å². The smallest absolute Gasteiger partial charge is 0.187 e. The molecule has 0 spiro atoms. The Morgan fingerprint density at radius 1 is 1.09 bits per heavy atom. The minimum absolute atomic E-state index is 0.0314. The maximum absolute atomic E-state index is 13.7. The molecule has 1 saturated heterocycles. The van der Waals surface area contributed by atoms with Gasteiger partial charge in [0, 0.05) is 31.7 Å². The Balaban J connectivity index is 1.60. The van der Waals surface area contributed by atoms with Crippen molar-refractivity contribution < 1.29 is 14.2 Å². The van der Waals surface area contributed by atoms with E-state index in [1.807, 2.05) is 48.5 Å². The van der Waals surface area contributed by atoms with Crippen LogP contribution in [0.1, 0.15) is 37.1 Å². The Morgan fingerprint density at radius 3 is 2.43 bits per heavy atom. The molecule has 1 N–H and O–H groups in total. The molecule has 0 bridgehead atoms. The molecular weight excluding hydrogens is 465 g/mol. The van der Waals surface area contributed by atoms with Gasteiger partial charge in [-0.25, -0.2) is 9.24 Å². The second-order valence-electron chi connectivity index (χ2n) is 8.91. The molecule has 1 aliphatic rings. The molecule has 1 aliphatic heterocycles. The van der Waals surface area contributed by atoms with Gasteiger partial charge in [-0.2, -0.15) is 0 Å². The van der Waals surface area contributed by atoms with Crippen molar-refractivity contribution in [2.45, 2.75) is 32.0 Å². The fourth-order valence-electron chi connectivity index (χ4n) is 4.48. The molecule has 3 atom stereocenters. The van der Waals surface area contributed by atoms with Crippen LogP contribution in [0.25, 0.3) is 4.85 Å². The van der Waals surface area contributed by atoms with E-state index < -0.39 is 6.10 Å². The molecule has 182 valence electrons. The van der Waals surface area contributed by atoms with Crippen LogP contribution >= 0.6 is 11.6 Å². The Labute approximate surface area is 211 Å². The summed E-state index contributed by atoms with van der Waals surface area (Å²) >= 11 is 6.70. The predicted molar refractivity (Wildman–Crippen MR) is 138 cm³/mol. The number of aliphatic hydroxyl groups excluding tert-OH is 1. The summed E-state index contributed by atoms with van der Waals surface area (Å²) in [6.45, 7) is 13.5. The van der Waals surface area contributed by atoms with Gasteiger partial charge in [0.2, 0.25) is 0 Å². The molecule has 1 heterocycles. The zero-order valence-corrected chi connectivity index (χ0v) is 20.6. The third-order valence-electron chi connectivity index (χ3n) is 6.44. The summed E-state index contributed by atoms with van der Waals surface area (Å²) in [5, 5.41) is 10.1. The molecule has 0 radical (unpaired) electrons. The summed E-state index contributed by atoms with van der Waals surface area (Å²) < 4.78 is 19.3. The van der Waals surface area contributed by atoms with Crippen LogP contribution in [0.4, 0.5) is 15.8 Å². The second kappa shape index (κ2) is 11.1. The SMILES string of the molecule is [C-]#[N+]c1ccc([C@@H](C)N2CCN(c3ccc(OC[C@H](C)O)cc3Cl)[C@H](c3ccc(F)cc3)C2)cc1. The summed E-state index contributed by atoms with van der Waals surface area (Å²) in [7, 11) is 0. The number of halogens is 2. The van der Waals surface area contributed by atoms with Gasteiger partial charge in [0.1, 0.15) is 18.2 Å². The number of rotatable bonds is 7. The van der Waals surface area contributed by atoms with Crippen molar-refractivity contribution in [1.29, 1.82) is 0 Å². The van der Waals surface area contributed by atoms with Crippen molar-refractivity contribution >= 4 is 23.0 Å². The van der Waals surface area contributed by atoms with Crippen LogP contribution in [0.2, 0.25) is 5.02 Å². The highest BCUT2D eigenvalue weighted by Gasteiger charge is 2.32. The zero-order chi connectivity index (χ0) is 24.9. The predicted octanol–water partition coefficient (Wildman–Crippen LogP) is 6.41. The van der Waals surface area contributed by atoms with E-state index in [-0.39, 0.29) is 24.5 Å². The first-order valence-electron chi connectivity index (χ1n) is 11.7. The number of hydrogen-bond acceptors (Lipinski definition) is 4. The molecule has 5 nitrogen and oxygen atoms in total. The van der Waals surface area contributed by atoms with Gasteiger partial charge in [0.15, 0.2) is 5.69 Å². The molecule has 7 heteroatoms. The average molecular weight is 494 g/mol. The Kier molecular flexibility index (Phi) is 7.92. The molecule has 0 amide bonds. The summed E-state index contributed by atoms with van der Waals surface area (Å²) in [5.41, 5.74) is 3.68. The lowest BCUT2D eigenvalue weighted by Crippen LogP contribution is -2.49. The first-order chi connectivity index (χ1) is 16.9. The van der Waals surface area contributed by atoms with Crippen molar-refractivity contribution in [2.24, 2.45) is 0 Å². The molecule has 0 saturated carbocycles. The lowest BCUT2D eigenvalue weighted by molar-refractivity contribution is 0.122. The van der Waals surface area contributed by atoms with Gasteiger partial charge in [-0.1, -0.05) is 48.0 Å². The Hall–Kier alpha value is -3.11. The zero-order valence-electron chi connectivity index (χ0n) is 19.9. The van der Waals surface area contributed by atoms with Crippen molar-refractivity contribution in [3.8, 4) is 5.75 Å². The first-order valence-corrected chi connectivity index (χ1v) is 12.1. The first kappa shape index (κ1) is 25.0. The minimum Gasteiger partial charge on any atom is -0.491 e. The molecule has 1 fully saturated rings. The topological polar surface area (TPSA) is 40.3 Å². The van der Waals surface area contributed by atoms with Crippen molar-refractivity contribution in [3.05, 3.63) is 100 Å². The Morgan fingerprint density at radius 2 is 1.80 bits per heavy atom. The van der Waals surface area contributed by atoms with Crippen LogP contribution in [0.5, 0.6) is 5.75 Å². The fourth-order valence-corrected chi connectivity index (χ4v) is 4.76. The average Bonchev–Trinajstić information content (AvgIpc) is 2.87. The molecule has 3 aromatic rings. The summed E-state index contributed by atoms with van der Waals surface area (Å²) in [4.78, 5) is 8.16. The highest BCUT2D eigenvalue weighted by atomic mass is 35.5. The van der Waals surface area contributed by atoms with Crippen LogP contribution in [0.3, 0.4) is 0 Å². The third-order valence-corrected chi connectivity index (χ3v) is 6.74. The minimum atomic E-state index is -0.566. The number of hydrogen-bond donors (Lipinski definition) is 1. The lowest BCUT2D eigenvalue weighted by atomic mass is 9.98. The largest absolute Gasteiger partial charge is 0.491 e. The number of aliphatic hydroxyl groups is 1. The number of ether oxygens (including phenoxy) is 1. The van der Waals surface area contributed by atoms with Gasteiger partial charge in [-0.3, -0.25) is 4.90 Å². The van der Waals surface area contributed by atoms with E-state index in [2.05, 4.69) is 21.6 Å². The van der Waals surface area contributed by atoms with Gasteiger partial charge in [-0.05, 0) is 49.2 Å². The summed E-state index contributed by atoms with van der Waals surface area (Å²) in [5.74, 6) is 0.340. The van der Waals surface area contributed by atoms with E-state index in [1.165, 1.54) is 12.1 Å². The van der Waals surface area contributed by atoms with Gasteiger partial charge in [-0.15, -0.1) is 0 Å². The fraction of sp³-hybridized carbons (Fsp3) is 0.321. The lowest BCUT2D eigenvalue weighted by Gasteiger charge is -2.45. The van der Waals surface area contributed by atoms with Crippen molar-refractivity contribution in [1.82, 2.24) is 4.90 Å². The Bertz CT molecular complexity index is 1180. The van der Waals surface area contributed by atoms with E-state index in [1.54, 1.807) is 13.0 Å². The van der Waals surface area contributed by atoms with Crippen LogP contribution in [-0.4, -0.2) is 42.4 Å². The molecule has 3 aromatic carbocycles. The molecule has 0 aromatic heterocycles. The number of anilines is 1. The van der Waals surface area contributed by atoms with Crippen molar-refractivity contribution in [2.75, 3.05) is 31.1 Å². The highest BCUT2D eigenvalue weighted by molar-refractivity contribution is 6.33. The second-order valence-corrected chi connectivity index (χ2v) is 9.32. The maximum atomic E-state index is 13.7. The summed E-state index contributed by atoms with van der Waals surface area (Å²) in [6, 6.07) is 20.1. The molecule has 4 rings (SSSR count). The van der Waals surface area contributed by atoms with E-state index in [0.29, 0.717) is 16.5 Å². The molecule has 0 aliphatic carbocycles. The third kappa shape index (κ3) is 5.94. The summed E-state index contributed by atoms with van der Waals surface area (Å²) in [6.07, 6.45) is -0.566. The normalized spacial score (nSPS) is 18.1. The van der Waals surface area contributed by atoms with Gasteiger partial charge in [0.05, 0.1) is 29.4 Å². The number of nitrogens with zero attached hydrogens (tertiary/aromatic N) is 3. The maximum Gasteiger partial charge on any atom is 0.187 e. The molecule has 0 unspecified atom stereocenters. The molecule has 35 heavy (non-hydrogen) atoms. The van der Waals surface area contributed by atoms with Crippen LogP contribution in [-0.2, 0) is 0 Å². The monoisotopic (exact) mass is 493 g/mol.